The van der Waals surface area contributed by atoms with E-state index in [1.165, 1.54) is 6.20 Å². The third kappa shape index (κ3) is 1.24. The average molecular weight is 173 g/mol. The fraction of sp³-hybridized carbons (Fsp3) is 0.182. The molecule has 13 heavy (non-hydrogen) atoms. The molecule has 0 saturated heterocycles. The Morgan fingerprint density at radius 2 is 2.00 bits per heavy atom. The summed E-state index contributed by atoms with van der Waals surface area (Å²) < 4.78 is 0. The van der Waals surface area contributed by atoms with Crippen LogP contribution in [-0.4, -0.2) is 5.78 Å². The molecule has 2 nitrogen and oxygen atoms in total. The molecule has 2 heteroatoms. The van der Waals surface area contributed by atoms with Crippen LogP contribution in [0.2, 0.25) is 0 Å². The lowest BCUT2D eigenvalue weighted by atomic mass is 9.87. The predicted octanol–water partition coefficient (Wildman–Crippen LogP) is 1.66. The lowest BCUT2D eigenvalue weighted by molar-refractivity contribution is 0.102. The Bertz CT molecular complexity index is 379. The molecule has 0 atom stereocenters. The molecule has 0 aliphatic heterocycles. The van der Waals surface area contributed by atoms with Gasteiger partial charge in [0.05, 0.1) is 0 Å². The van der Waals surface area contributed by atoms with Crippen molar-refractivity contribution in [2.75, 3.05) is 0 Å². The van der Waals surface area contributed by atoms with Gasteiger partial charge < -0.3 is 5.73 Å². The number of carbonyl (C=O) groups excluding carboxylic acids is 1. The first-order valence-electron chi connectivity index (χ1n) is 4.36. The third-order valence-electron chi connectivity index (χ3n) is 2.42. The first kappa shape index (κ1) is 8.05. The number of hydrogen-bond acceptors (Lipinski definition) is 2. The standard InChI is InChI=1S/C11H11NO/c12-7-9-6-5-8-3-1-2-4-10(8)11(9)13/h1-4,7H,5-6,12H2. The van der Waals surface area contributed by atoms with Gasteiger partial charge in [-0.3, -0.25) is 4.79 Å². The zero-order valence-electron chi connectivity index (χ0n) is 7.29. The minimum absolute atomic E-state index is 0.0874. The van der Waals surface area contributed by atoms with Crippen LogP contribution in [0.5, 0.6) is 0 Å². The first-order valence-corrected chi connectivity index (χ1v) is 4.36. The number of aryl methyl sites for hydroxylation is 1. The maximum absolute atomic E-state index is 11.7. The van der Waals surface area contributed by atoms with Gasteiger partial charge in [-0.05, 0) is 18.4 Å². The molecule has 0 radical (unpaired) electrons. The van der Waals surface area contributed by atoms with Crippen LogP contribution in [0.4, 0.5) is 0 Å². The van der Waals surface area contributed by atoms with Crippen molar-refractivity contribution < 1.29 is 4.79 Å². The molecule has 0 aromatic heterocycles. The van der Waals surface area contributed by atoms with Crippen molar-refractivity contribution in [3.8, 4) is 0 Å². The van der Waals surface area contributed by atoms with Crippen LogP contribution < -0.4 is 5.73 Å². The van der Waals surface area contributed by atoms with Crippen molar-refractivity contribution >= 4 is 5.78 Å². The fourth-order valence-corrected chi connectivity index (χ4v) is 1.67. The summed E-state index contributed by atoms with van der Waals surface area (Å²) in [7, 11) is 0. The Balaban J connectivity index is 2.51. The molecule has 2 rings (SSSR count). The van der Waals surface area contributed by atoms with Crippen LogP contribution in [0.15, 0.2) is 36.0 Å². The van der Waals surface area contributed by atoms with Crippen LogP contribution >= 0.6 is 0 Å². The molecule has 66 valence electrons. The van der Waals surface area contributed by atoms with Crippen molar-refractivity contribution in [3.63, 3.8) is 0 Å². The first-order chi connectivity index (χ1) is 6.33. The summed E-state index contributed by atoms with van der Waals surface area (Å²) in [6, 6.07) is 7.71. The van der Waals surface area contributed by atoms with Crippen LogP contribution in [0.3, 0.4) is 0 Å². The van der Waals surface area contributed by atoms with E-state index < -0.39 is 0 Å². The molecule has 0 heterocycles. The average Bonchev–Trinajstić information content (AvgIpc) is 2.19. The van der Waals surface area contributed by atoms with Gasteiger partial charge in [0, 0.05) is 17.3 Å². The molecule has 0 amide bonds. The molecular formula is C11H11NO. The molecule has 1 aromatic rings. The Hall–Kier alpha value is -1.57. The van der Waals surface area contributed by atoms with Gasteiger partial charge in [-0.25, -0.2) is 0 Å². The van der Waals surface area contributed by atoms with Gasteiger partial charge >= 0.3 is 0 Å². The van der Waals surface area contributed by atoms with E-state index in [2.05, 4.69) is 0 Å². The fourth-order valence-electron chi connectivity index (χ4n) is 1.67. The molecule has 0 unspecified atom stereocenters. The highest BCUT2D eigenvalue weighted by atomic mass is 16.1. The van der Waals surface area contributed by atoms with Crippen LogP contribution in [0, 0.1) is 0 Å². The van der Waals surface area contributed by atoms with E-state index in [9.17, 15) is 4.79 Å². The van der Waals surface area contributed by atoms with E-state index in [1.54, 1.807) is 0 Å². The number of allylic oxidation sites excluding steroid dienone is 1. The summed E-state index contributed by atoms with van der Waals surface area (Å²) in [5, 5.41) is 0. The van der Waals surface area contributed by atoms with Gasteiger partial charge in [0.2, 0.25) is 0 Å². The normalized spacial score (nSPS) is 18.8. The molecule has 2 N–H and O–H groups in total. The summed E-state index contributed by atoms with van der Waals surface area (Å²) in [5.41, 5.74) is 8.05. The highest BCUT2D eigenvalue weighted by Gasteiger charge is 2.20. The zero-order valence-corrected chi connectivity index (χ0v) is 7.29. The van der Waals surface area contributed by atoms with Crippen LogP contribution in [0.1, 0.15) is 22.3 Å². The third-order valence-corrected chi connectivity index (χ3v) is 2.42. The Labute approximate surface area is 77.1 Å². The van der Waals surface area contributed by atoms with Crippen LogP contribution in [-0.2, 0) is 6.42 Å². The van der Waals surface area contributed by atoms with Crippen molar-refractivity contribution in [2.45, 2.75) is 12.8 Å². The maximum atomic E-state index is 11.7. The zero-order chi connectivity index (χ0) is 9.26. The van der Waals surface area contributed by atoms with E-state index in [0.717, 1.165) is 29.5 Å². The largest absolute Gasteiger partial charge is 0.404 e. The summed E-state index contributed by atoms with van der Waals surface area (Å²) in [4.78, 5) is 11.7. The highest BCUT2D eigenvalue weighted by Crippen LogP contribution is 2.23. The van der Waals surface area contributed by atoms with Crippen LogP contribution in [0.25, 0.3) is 0 Å². The number of fused-ring (bicyclic) bond motifs is 1. The van der Waals surface area contributed by atoms with E-state index in [4.69, 9.17) is 5.73 Å². The Kier molecular flexibility index (Phi) is 1.89. The Morgan fingerprint density at radius 3 is 2.77 bits per heavy atom. The second-order valence-electron chi connectivity index (χ2n) is 3.18. The van der Waals surface area contributed by atoms with E-state index >= 15 is 0 Å². The number of nitrogens with two attached hydrogens (primary N) is 1. The van der Waals surface area contributed by atoms with Gasteiger partial charge in [-0.2, -0.15) is 0 Å². The number of hydrogen-bond donors (Lipinski definition) is 1. The quantitative estimate of drug-likeness (QED) is 0.606. The van der Waals surface area contributed by atoms with Crippen molar-refractivity contribution in [2.24, 2.45) is 5.73 Å². The minimum Gasteiger partial charge on any atom is -0.404 e. The molecular weight excluding hydrogens is 162 g/mol. The molecule has 1 aliphatic carbocycles. The highest BCUT2D eigenvalue weighted by molar-refractivity contribution is 6.10. The number of carbonyl (C=O) groups is 1. The Morgan fingerprint density at radius 1 is 1.23 bits per heavy atom. The van der Waals surface area contributed by atoms with Gasteiger partial charge in [-0.15, -0.1) is 0 Å². The number of Topliss-reactive ketones (excluding diaryl/α,β-unsaturated/α-hetero) is 1. The minimum atomic E-state index is 0.0874. The number of ketones is 1. The lowest BCUT2D eigenvalue weighted by Crippen LogP contribution is -2.14. The molecule has 0 fully saturated rings. The summed E-state index contributed by atoms with van der Waals surface area (Å²) in [6.45, 7) is 0. The van der Waals surface area contributed by atoms with Crippen molar-refractivity contribution in [1.82, 2.24) is 0 Å². The summed E-state index contributed by atoms with van der Waals surface area (Å²) in [6.07, 6.45) is 3.12. The maximum Gasteiger partial charge on any atom is 0.190 e. The second-order valence-corrected chi connectivity index (χ2v) is 3.18. The van der Waals surface area contributed by atoms with Gasteiger partial charge in [-0.1, -0.05) is 24.3 Å². The van der Waals surface area contributed by atoms with E-state index in [1.807, 2.05) is 24.3 Å². The predicted molar refractivity (Wildman–Crippen MR) is 51.4 cm³/mol. The number of benzene rings is 1. The molecule has 1 aliphatic rings. The SMILES string of the molecule is NC=C1CCc2ccccc2C1=O. The molecule has 0 bridgehead atoms. The monoisotopic (exact) mass is 173 g/mol. The molecule has 1 aromatic carbocycles. The lowest BCUT2D eigenvalue weighted by Gasteiger charge is -2.16. The van der Waals surface area contributed by atoms with Gasteiger partial charge in [0.15, 0.2) is 5.78 Å². The topological polar surface area (TPSA) is 43.1 Å². The summed E-state index contributed by atoms with van der Waals surface area (Å²) >= 11 is 0. The smallest absolute Gasteiger partial charge is 0.190 e. The van der Waals surface area contributed by atoms with E-state index in [0.29, 0.717) is 0 Å². The van der Waals surface area contributed by atoms with Crippen molar-refractivity contribution in [1.29, 1.82) is 0 Å². The van der Waals surface area contributed by atoms with Gasteiger partial charge in [0.25, 0.3) is 0 Å². The van der Waals surface area contributed by atoms with Gasteiger partial charge in [0.1, 0.15) is 0 Å². The van der Waals surface area contributed by atoms with Crippen molar-refractivity contribution in [3.05, 3.63) is 47.2 Å². The second kappa shape index (κ2) is 3.05. The number of rotatable bonds is 0. The summed E-state index contributed by atoms with van der Waals surface area (Å²) in [5.74, 6) is 0.0874. The van der Waals surface area contributed by atoms with E-state index in [-0.39, 0.29) is 5.78 Å². The molecule has 0 saturated carbocycles. The molecule has 0 spiro atoms.